The number of halogens is 2. The first kappa shape index (κ1) is 25.7. The molecule has 0 spiro atoms. The number of anilines is 1. The zero-order valence-corrected chi connectivity index (χ0v) is 20.8. The summed E-state index contributed by atoms with van der Waals surface area (Å²) in [6.45, 7) is 4.24. The minimum absolute atomic E-state index is 0.0533. The van der Waals surface area contributed by atoms with Gasteiger partial charge in [-0.15, -0.1) is 0 Å². The summed E-state index contributed by atoms with van der Waals surface area (Å²) in [4.78, 5) is 24.5. The molecule has 0 fully saturated rings. The summed E-state index contributed by atoms with van der Waals surface area (Å²) < 4.78 is 33.8. The smallest absolute Gasteiger partial charge is 0.324 e. The fourth-order valence-corrected chi connectivity index (χ4v) is 4.66. The number of nitrogens with zero attached hydrogens (tertiary/aromatic N) is 2. The van der Waals surface area contributed by atoms with Crippen LogP contribution in [0.5, 0.6) is 0 Å². The van der Waals surface area contributed by atoms with Gasteiger partial charge >= 0.3 is 5.97 Å². The third-order valence-electron chi connectivity index (χ3n) is 4.79. The van der Waals surface area contributed by atoms with Gasteiger partial charge in [-0.2, -0.15) is 9.82 Å². The monoisotopic (exact) mass is 524 g/mol. The van der Waals surface area contributed by atoms with Crippen molar-refractivity contribution < 1.29 is 22.7 Å². The number of hydrogen-bond acceptors (Lipinski definition) is 6. The van der Waals surface area contributed by atoms with Crippen molar-refractivity contribution in [2.24, 2.45) is 0 Å². The lowest BCUT2D eigenvalue weighted by Gasteiger charge is -2.14. The fraction of sp³-hybridized carbons (Fsp3) is 0.227. The van der Waals surface area contributed by atoms with Gasteiger partial charge in [0.15, 0.2) is 6.61 Å². The minimum Gasteiger partial charge on any atom is -0.454 e. The van der Waals surface area contributed by atoms with Crippen LogP contribution in [0.2, 0.25) is 10.0 Å². The Balaban J connectivity index is 1.59. The normalized spacial score (nSPS) is 12.3. The number of nitrogens with one attached hydrogen (secondary N) is 2. The van der Waals surface area contributed by atoms with Gasteiger partial charge < -0.3 is 10.1 Å². The molecule has 1 heterocycles. The first-order chi connectivity index (χ1) is 16.0. The Morgan fingerprint density at radius 2 is 1.76 bits per heavy atom. The molecule has 0 aliphatic heterocycles. The molecule has 3 rings (SSSR count). The zero-order chi connectivity index (χ0) is 25.0. The van der Waals surface area contributed by atoms with Crippen LogP contribution in [0.15, 0.2) is 53.4 Å². The topological polar surface area (TPSA) is 119 Å². The Morgan fingerprint density at radius 1 is 1.09 bits per heavy atom. The lowest BCUT2D eigenvalue weighted by atomic mass is 10.3. The highest BCUT2D eigenvalue weighted by Gasteiger charge is 2.25. The van der Waals surface area contributed by atoms with Crippen molar-refractivity contribution in [3.8, 4) is 5.69 Å². The highest BCUT2D eigenvalue weighted by Crippen LogP contribution is 2.25. The van der Waals surface area contributed by atoms with Gasteiger partial charge in [-0.1, -0.05) is 41.4 Å². The number of sulfonamides is 1. The van der Waals surface area contributed by atoms with Gasteiger partial charge in [0.25, 0.3) is 5.91 Å². The first-order valence-electron chi connectivity index (χ1n) is 10.0. The molecule has 12 heteroatoms. The van der Waals surface area contributed by atoms with Gasteiger partial charge in [-0.25, -0.2) is 13.1 Å². The summed E-state index contributed by atoms with van der Waals surface area (Å²) in [6.07, 6.45) is 0. The SMILES string of the molecule is Cc1nn(-c2ccccc2)c(C)c1NC(=O)COC(=O)[C@H](C)NS(=O)(=O)c1ccc(Cl)c(Cl)c1. The largest absolute Gasteiger partial charge is 0.454 e. The Bertz CT molecular complexity index is 1330. The Labute approximate surface area is 207 Å². The summed E-state index contributed by atoms with van der Waals surface area (Å²) in [5.74, 6) is -1.51. The molecule has 2 N–H and O–H groups in total. The Kier molecular flexibility index (Phi) is 7.98. The van der Waals surface area contributed by atoms with Gasteiger partial charge in [-0.3, -0.25) is 9.59 Å². The summed E-state index contributed by atoms with van der Waals surface area (Å²) in [5.41, 5.74) is 2.62. The van der Waals surface area contributed by atoms with E-state index in [0.29, 0.717) is 17.1 Å². The molecule has 0 unspecified atom stereocenters. The van der Waals surface area contributed by atoms with Crippen LogP contribution in [-0.4, -0.2) is 42.7 Å². The number of aromatic nitrogens is 2. The molecular formula is C22H22Cl2N4O5S. The van der Waals surface area contributed by atoms with Crippen molar-refractivity contribution >= 4 is 50.8 Å². The number of hydrogen-bond donors (Lipinski definition) is 2. The lowest BCUT2D eigenvalue weighted by Crippen LogP contribution is -2.40. The van der Waals surface area contributed by atoms with Crippen molar-refractivity contribution in [1.29, 1.82) is 0 Å². The number of amides is 1. The van der Waals surface area contributed by atoms with E-state index in [1.54, 1.807) is 18.5 Å². The van der Waals surface area contributed by atoms with Crippen LogP contribution in [0.1, 0.15) is 18.3 Å². The number of aryl methyl sites for hydroxylation is 1. The number of rotatable bonds is 8. The quantitative estimate of drug-likeness (QED) is 0.434. The highest BCUT2D eigenvalue weighted by atomic mass is 35.5. The number of esters is 1. The second-order valence-electron chi connectivity index (χ2n) is 7.37. The third kappa shape index (κ3) is 5.95. The van der Waals surface area contributed by atoms with E-state index in [-0.39, 0.29) is 14.9 Å². The number of carbonyl (C=O) groups excluding carboxylic acids is 2. The van der Waals surface area contributed by atoms with Gasteiger partial charge in [0.1, 0.15) is 6.04 Å². The highest BCUT2D eigenvalue weighted by molar-refractivity contribution is 7.89. The second kappa shape index (κ2) is 10.6. The molecule has 34 heavy (non-hydrogen) atoms. The molecule has 3 aromatic rings. The summed E-state index contributed by atoms with van der Waals surface area (Å²) in [6, 6.07) is 11.9. The maximum Gasteiger partial charge on any atom is 0.324 e. The van der Waals surface area contributed by atoms with E-state index in [0.717, 1.165) is 11.8 Å². The van der Waals surface area contributed by atoms with Gasteiger partial charge in [0, 0.05) is 0 Å². The Morgan fingerprint density at radius 3 is 2.41 bits per heavy atom. The van der Waals surface area contributed by atoms with Gasteiger partial charge in [0.2, 0.25) is 10.0 Å². The predicted molar refractivity (Wildman–Crippen MR) is 129 cm³/mol. The molecule has 2 aromatic carbocycles. The number of carbonyl (C=O) groups is 2. The van der Waals surface area contributed by atoms with Crippen molar-refractivity contribution in [2.45, 2.75) is 31.7 Å². The van der Waals surface area contributed by atoms with E-state index < -0.39 is 34.5 Å². The summed E-state index contributed by atoms with van der Waals surface area (Å²) in [5, 5.41) is 7.37. The molecule has 0 aliphatic carbocycles. The maximum atomic E-state index is 12.5. The minimum atomic E-state index is -4.07. The maximum absolute atomic E-state index is 12.5. The Hall–Kier alpha value is -2.92. The van der Waals surface area contributed by atoms with E-state index in [2.05, 4.69) is 15.1 Å². The molecule has 180 valence electrons. The van der Waals surface area contributed by atoms with Crippen molar-refractivity contribution in [1.82, 2.24) is 14.5 Å². The van der Waals surface area contributed by atoms with Crippen LogP contribution in [0.25, 0.3) is 5.69 Å². The van der Waals surface area contributed by atoms with E-state index in [1.165, 1.54) is 19.1 Å². The van der Waals surface area contributed by atoms with Crippen LogP contribution in [0.4, 0.5) is 5.69 Å². The average Bonchev–Trinajstić information content (AvgIpc) is 3.07. The summed E-state index contributed by atoms with van der Waals surface area (Å²) in [7, 11) is -4.07. The third-order valence-corrected chi connectivity index (χ3v) is 7.07. The lowest BCUT2D eigenvalue weighted by molar-refractivity contribution is -0.148. The van der Waals surface area contributed by atoms with Crippen LogP contribution in [0.3, 0.4) is 0 Å². The molecule has 0 aliphatic rings. The molecule has 1 aromatic heterocycles. The van der Waals surface area contributed by atoms with Crippen LogP contribution in [0, 0.1) is 13.8 Å². The molecule has 1 amide bonds. The van der Waals surface area contributed by atoms with E-state index >= 15 is 0 Å². The fourth-order valence-electron chi connectivity index (χ4n) is 3.07. The summed E-state index contributed by atoms with van der Waals surface area (Å²) >= 11 is 11.7. The number of ether oxygens (including phenoxy) is 1. The molecule has 1 atom stereocenters. The van der Waals surface area contributed by atoms with Crippen molar-refractivity contribution in [2.75, 3.05) is 11.9 Å². The molecule has 0 saturated carbocycles. The van der Waals surface area contributed by atoms with E-state index in [9.17, 15) is 18.0 Å². The number of para-hydroxylation sites is 1. The molecule has 0 bridgehead atoms. The standard InChI is InChI=1S/C22H22Cl2N4O5S/c1-13-21(15(3)28(26-13)16-7-5-4-6-8-16)25-20(29)12-33-22(30)14(2)27-34(31,32)17-9-10-18(23)19(24)11-17/h4-11,14,27H,12H2,1-3H3,(H,25,29)/t14-/m0/s1. The van der Waals surface area contributed by atoms with E-state index in [4.69, 9.17) is 27.9 Å². The second-order valence-corrected chi connectivity index (χ2v) is 9.90. The van der Waals surface area contributed by atoms with E-state index in [1.807, 2.05) is 30.3 Å². The molecule has 9 nitrogen and oxygen atoms in total. The van der Waals surface area contributed by atoms with Gasteiger partial charge in [-0.05, 0) is 51.1 Å². The van der Waals surface area contributed by atoms with Crippen molar-refractivity contribution in [3.05, 3.63) is 70.0 Å². The zero-order valence-electron chi connectivity index (χ0n) is 18.5. The molecule has 0 saturated heterocycles. The molecular weight excluding hydrogens is 503 g/mol. The van der Waals surface area contributed by atoms with Crippen molar-refractivity contribution in [3.63, 3.8) is 0 Å². The predicted octanol–water partition coefficient (Wildman–Crippen LogP) is 3.64. The average molecular weight is 525 g/mol. The van der Waals surface area contributed by atoms with Gasteiger partial charge in [0.05, 0.1) is 37.7 Å². The van der Waals surface area contributed by atoms with Crippen LogP contribution >= 0.6 is 23.2 Å². The first-order valence-corrected chi connectivity index (χ1v) is 12.3. The van der Waals surface area contributed by atoms with Crippen LogP contribution in [-0.2, 0) is 24.3 Å². The van der Waals surface area contributed by atoms with Crippen LogP contribution < -0.4 is 10.0 Å². The molecule has 0 radical (unpaired) electrons. The number of benzene rings is 2.